The van der Waals surface area contributed by atoms with Crippen molar-refractivity contribution < 1.29 is 4.74 Å². The van der Waals surface area contributed by atoms with Gasteiger partial charge >= 0.3 is 0 Å². The van der Waals surface area contributed by atoms with E-state index in [1.807, 2.05) is 12.3 Å². The van der Waals surface area contributed by atoms with Crippen LogP contribution in [0.2, 0.25) is 0 Å². The Labute approximate surface area is 135 Å². The Kier molecular flexibility index (Phi) is 3.79. The highest BCUT2D eigenvalue weighted by Crippen LogP contribution is 2.27. The van der Waals surface area contributed by atoms with E-state index in [0.717, 1.165) is 25.4 Å². The number of ether oxygens (including phenoxy) is 1. The van der Waals surface area contributed by atoms with Crippen molar-refractivity contribution in [2.24, 2.45) is 0 Å². The maximum Gasteiger partial charge on any atom is 0.119 e. The molecule has 3 heterocycles. The van der Waals surface area contributed by atoms with Crippen molar-refractivity contribution in [2.45, 2.75) is 25.3 Å². The summed E-state index contributed by atoms with van der Waals surface area (Å²) in [5, 5.41) is 8.43. The minimum atomic E-state index is 0.565. The Hall–Kier alpha value is -2.27. The van der Waals surface area contributed by atoms with Gasteiger partial charge in [0.2, 0.25) is 0 Å². The van der Waals surface area contributed by atoms with E-state index in [4.69, 9.17) is 4.74 Å². The third-order valence-corrected chi connectivity index (χ3v) is 4.75. The van der Waals surface area contributed by atoms with E-state index < -0.39 is 0 Å². The molecule has 3 aromatic rings. The molecule has 1 aromatic carbocycles. The van der Waals surface area contributed by atoms with Crippen LogP contribution < -0.4 is 4.74 Å². The summed E-state index contributed by atoms with van der Waals surface area (Å²) in [5.41, 5.74) is 3.69. The van der Waals surface area contributed by atoms with Crippen molar-refractivity contribution in [3.8, 4) is 5.75 Å². The number of likely N-dealkylation sites (tertiary alicyclic amines) is 1. The topological polar surface area (TPSA) is 56.9 Å². The van der Waals surface area contributed by atoms with Crippen LogP contribution in [-0.4, -0.2) is 40.3 Å². The standard InChI is InChI=1S/C18H22N4O/c1-23-16-4-5-17-14(10-16)9-15(20-17)12-22-8-2-3-13(11-22)18-6-7-19-21-18/h4-7,9-10,13,20H,2-3,8,11-12H2,1H3,(H,19,21). The molecule has 1 fully saturated rings. The Balaban J connectivity index is 1.49. The van der Waals surface area contributed by atoms with Gasteiger partial charge in [0.1, 0.15) is 5.75 Å². The summed E-state index contributed by atoms with van der Waals surface area (Å²) in [4.78, 5) is 6.05. The summed E-state index contributed by atoms with van der Waals surface area (Å²) in [6.45, 7) is 3.20. The molecule has 1 unspecified atom stereocenters. The number of piperidine rings is 1. The second-order valence-corrected chi connectivity index (χ2v) is 6.33. The molecule has 5 heteroatoms. The zero-order valence-corrected chi connectivity index (χ0v) is 13.4. The van der Waals surface area contributed by atoms with Crippen LogP contribution >= 0.6 is 0 Å². The molecule has 0 amide bonds. The van der Waals surface area contributed by atoms with Crippen molar-refractivity contribution in [3.63, 3.8) is 0 Å². The Morgan fingerprint density at radius 2 is 2.26 bits per heavy atom. The van der Waals surface area contributed by atoms with Crippen LogP contribution in [0.15, 0.2) is 36.5 Å². The Morgan fingerprint density at radius 1 is 1.30 bits per heavy atom. The number of rotatable bonds is 4. The van der Waals surface area contributed by atoms with Gasteiger partial charge in [0, 0.05) is 47.5 Å². The molecule has 1 aliphatic rings. The van der Waals surface area contributed by atoms with Gasteiger partial charge in [-0.25, -0.2) is 0 Å². The molecule has 0 saturated carbocycles. The van der Waals surface area contributed by atoms with Gasteiger partial charge < -0.3 is 9.72 Å². The first-order valence-corrected chi connectivity index (χ1v) is 8.19. The van der Waals surface area contributed by atoms with E-state index in [9.17, 15) is 0 Å². The lowest BCUT2D eigenvalue weighted by Crippen LogP contribution is -2.34. The molecule has 0 aliphatic carbocycles. The Bertz CT molecular complexity index is 778. The molecular formula is C18H22N4O. The highest BCUT2D eigenvalue weighted by molar-refractivity contribution is 5.81. The van der Waals surface area contributed by atoms with Gasteiger partial charge in [0.25, 0.3) is 0 Å². The first-order chi connectivity index (χ1) is 11.3. The molecule has 1 atom stereocenters. The van der Waals surface area contributed by atoms with E-state index >= 15 is 0 Å². The molecule has 0 radical (unpaired) electrons. The molecule has 0 bridgehead atoms. The van der Waals surface area contributed by atoms with Crippen LogP contribution in [0.3, 0.4) is 0 Å². The molecule has 0 spiro atoms. The number of nitrogens with one attached hydrogen (secondary N) is 2. The lowest BCUT2D eigenvalue weighted by atomic mass is 9.95. The van der Waals surface area contributed by atoms with Gasteiger partial charge in [0.15, 0.2) is 0 Å². The molecule has 4 rings (SSSR count). The molecule has 2 aromatic heterocycles. The minimum Gasteiger partial charge on any atom is -0.497 e. The molecule has 23 heavy (non-hydrogen) atoms. The quantitative estimate of drug-likeness (QED) is 0.777. The predicted molar refractivity (Wildman–Crippen MR) is 90.7 cm³/mol. The summed E-state index contributed by atoms with van der Waals surface area (Å²) < 4.78 is 5.30. The summed E-state index contributed by atoms with van der Waals surface area (Å²) in [7, 11) is 1.71. The van der Waals surface area contributed by atoms with E-state index in [1.54, 1.807) is 7.11 Å². The van der Waals surface area contributed by atoms with E-state index in [-0.39, 0.29) is 0 Å². The molecule has 1 saturated heterocycles. The largest absolute Gasteiger partial charge is 0.497 e. The van der Waals surface area contributed by atoms with Crippen molar-refractivity contribution in [1.29, 1.82) is 0 Å². The summed E-state index contributed by atoms with van der Waals surface area (Å²) in [5.74, 6) is 1.47. The average Bonchev–Trinajstić information content (AvgIpc) is 3.23. The van der Waals surface area contributed by atoms with Crippen LogP contribution in [0, 0.1) is 0 Å². The SMILES string of the molecule is COc1ccc2[nH]c(CN3CCCC(c4ccn[nH]4)C3)cc2c1. The first-order valence-electron chi connectivity index (χ1n) is 8.19. The van der Waals surface area contributed by atoms with E-state index in [1.165, 1.54) is 35.1 Å². The van der Waals surface area contributed by atoms with Gasteiger partial charge in [-0.1, -0.05) is 0 Å². The third-order valence-electron chi connectivity index (χ3n) is 4.75. The molecule has 5 nitrogen and oxygen atoms in total. The van der Waals surface area contributed by atoms with Gasteiger partial charge in [0.05, 0.1) is 7.11 Å². The minimum absolute atomic E-state index is 0.565. The van der Waals surface area contributed by atoms with Gasteiger partial charge in [-0.05, 0) is 49.7 Å². The second kappa shape index (κ2) is 6.08. The number of hydrogen-bond acceptors (Lipinski definition) is 3. The number of fused-ring (bicyclic) bond motifs is 1. The van der Waals surface area contributed by atoms with Crippen molar-refractivity contribution in [1.82, 2.24) is 20.1 Å². The molecule has 120 valence electrons. The number of benzene rings is 1. The normalized spacial score (nSPS) is 19.3. The van der Waals surface area contributed by atoms with Gasteiger partial charge in [-0.3, -0.25) is 10.00 Å². The maximum atomic E-state index is 5.30. The second-order valence-electron chi connectivity index (χ2n) is 6.33. The summed E-state index contributed by atoms with van der Waals surface area (Å²) in [6, 6.07) is 10.5. The predicted octanol–water partition coefficient (Wildman–Crippen LogP) is 3.28. The van der Waals surface area contributed by atoms with Crippen LogP contribution in [0.4, 0.5) is 0 Å². The zero-order valence-electron chi connectivity index (χ0n) is 13.4. The smallest absolute Gasteiger partial charge is 0.119 e. The summed E-state index contributed by atoms with van der Waals surface area (Å²) in [6.07, 6.45) is 4.32. The number of hydrogen-bond donors (Lipinski definition) is 2. The lowest BCUT2D eigenvalue weighted by molar-refractivity contribution is 0.197. The molecule has 1 aliphatic heterocycles. The van der Waals surface area contributed by atoms with Crippen LogP contribution in [0.25, 0.3) is 10.9 Å². The fourth-order valence-corrected chi connectivity index (χ4v) is 3.57. The number of nitrogens with zero attached hydrogens (tertiary/aromatic N) is 2. The third kappa shape index (κ3) is 2.97. The first kappa shape index (κ1) is 14.3. The average molecular weight is 310 g/mol. The number of aromatic nitrogens is 3. The highest BCUT2D eigenvalue weighted by Gasteiger charge is 2.22. The van der Waals surface area contributed by atoms with Crippen LogP contribution in [-0.2, 0) is 6.54 Å². The number of aromatic amines is 2. The van der Waals surface area contributed by atoms with Gasteiger partial charge in [-0.2, -0.15) is 5.10 Å². The maximum absolute atomic E-state index is 5.30. The fourth-order valence-electron chi connectivity index (χ4n) is 3.57. The van der Waals surface area contributed by atoms with Crippen molar-refractivity contribution >= 4 is 10.9 Å². The van der Waals surface area contributed by atoms with Crippen molar-refractivity contribution in [2.75, 3.05) is 20.2 Å². The number of H-pyrrole nitrogens is 2. The Morgan fingerprint density at radius 3 is 3.09 bits per heavy atom. The zero-order chi connectivity index (χ0) is 15.6. The molecular weight excluding hydrogens is 288 g/mol. The van der Waals surface area contributed by atoms with E-state index in [2.05, 4.69) is 44.3 Å². The number of methoxy groups -OCH3 is 1. The van der Waals surface area contributed by atoms with Crippen molar-refractivity contribution in [3.05, 3.63) is 47.9 Å². The summed E-state index contributed by atoms with van der Waals surface area (Å²) >= 11 is 0. The fraction of sp³-hybridized carbons (Fsp3) is 0.389. The van der Waals surface area contributed by atoms with Crippen LogP contribution in [0.1, 0.15) is 30.1 Å². The lowest BCUT2D eigenvalue weighted by Gasteiger charge is -2.31. The monoisotopic (exact) mass is 310 g/mol. The van der Waals surface area contributed by atoms with E-state index in [0.29, 0.717) is 5.92 Å². The van der Waals surface area contributed by atoms with Crippen LogP contribution in [0.5, 0.6) is 5.75 Å². The molecule has 2 N–H and O–H groups in total. The highest BCUT2D eigenvalue weighted by atomic mass is 16.5. The van der Waals surface area contributed by atoms with Gasteiger partial charge in [-0.15, -0.1) is 0 Å².